The van der Waals surface area contributed by atoms with E-state index < -0.39 is 11.2 Å². The van der Waals surface area contributed by atoms with Crippen molar-refractivity contribution in [3.63, 3.8) is 0 Å². The summed E-state index contributed by atoms with van der Waals surface area (Å²) in [5, 5.41) is 0. The maximum Gasteiger partial charge on any atom is 0.410 e. The number of hydrogen-bond donors (Lipinski definition) is 2. The van der Waals surface area contributed by atoms with E-state index in [0.29, 0.717) is 19.6 Å². The molecule has 0 saturated carbocycles. The molecule has 2 fully saturated rings. The van der Waals surface area contributed by atoms with Gasteiger partial charge in [0, 0.05) is 25.6 Å². The van der Waals surface area contributed by atoms with Gasteiger partial charge in [-0.15, -0.1) is 0 Å². The molecule has 2 N–H and O–H groups in total. The van der Waals surface area contributed by atoms with Crippen molar-refractivity contribution in [3.05, 3.63) is 72.6 Å². The van der Waals surface area contributed by atoms with Gasteiger partial charge in [0.15, 0.2) is 0 Å². The molecule has 0 radical (unpaired) electrons. The van der Waals surface area contributed by atoms with Crippen molar-refractivity contribution in [2.75, 3.05) is 19.6 Å². The third-order valence-electron chi connectivity index (χ3n) is 8.34. The predicted octanol–water partition coefficient (Wildman–Crippen LogP) is 7.93. The number of aromatic amines is 2. The minimum absolute atomic E-state index is 0.113. The second-order valence-corrected chi connectivity index (χ2v) is 14.3. The lowest BCUT2D eigenvalue weighted by Crippen LogP contribution is -2.36. The first-order valence-electron chi connectivity index (χ1n) is 16.1. The lowest BCUT2D eigenvalue weighted by atomic mass is 10.0. The quantitative estimate of drug-likeness (QED) is 0.233. The number of nitrogens with zero attached hydrogens (tertiary/aromatic N) is 4. The van der Waals surface area contributed by atoms with Crippen molar-refractivity contribution in [1.82, 2.24) is 29.7 Å². The average molecular weight is 625 g/mol. The molecular weight excluding hydrogens is 580 g/mol. The van der Waals surface area contributed by atoms with Crippen LogP contribution in [0.1, 0.15) is 84.4 Å². The summed E-state index contributed by atoms with van der Waals surface area (Å²) < 4.78 is 11.2. The molecular formula is C36H44N6O4. The second kappa shape index (κ2) is 12.3. The van der Waals surface area contributed by atoms with Crippen molar-refractivity contribution < 1.29 is 19.1 Å². The summed E-state index contributed by atoms with van der Waals surface area (Å²) in [6.45, 7) is 13.2. The van der Waals surface area contributed by atoms with Gasteiger partial charge in [0.25, 0.3) is 0 Å². The molecule has 10 nitrogen and oxygen atoms in total. The molecule has 2 amide bonds. The zero-order chi connectivity index (χ0) is 32.6. The number of amides is 2. The molecule has 0 aliphatic carbocycles. The third kappa shape index (κ3) is 7.11. The van der Waals surface area contributed by atoms with Gasteiger partial charge in [-0.3, -0.25) is 4.90 Å². The zero-order valence-corrected chi connectivity index (χ0v) is 27.6. The molecule has 2 aromatic carbocycles. The number of aromatic nitrogens is 4. The topological polar surface area (TPSA) is 116 Å². The molecule has 4 aromatic rings. The van der Waals surface area contributed by atoms with Crippen LogP contribution in [0, 0.1) is 0 Å². The summed E-state index contributed by atoms with van der Waals surface area (Å²) in [5.41, 5.74) is 5.14. The van der Waals surface area contributed by atoms with Gasteiger partial charge in [0.05, 0.1) is 29.8 Å². The van der Waals surface area contributed by atoms with Crippen molar-refractivity contribution in [3.8, 4) is 33.6 Å². The average Bonchev–Trinajstić information content (AvgIpc) is 3.82. The van der Waals surface area contributed by atoms with Gasteiger partial charge in [-0.25, -0.2) is 19.6 Å². The van der Waals surface area contributed by atoms with Crippen molar-refractivity contribution in [1.29, 1.82) is 0 Å². The monoisotopic (exact) mass is 624 g/mol. The van der Waals surface area contributed by atoms with Crippen LogP contribution in [0.25, 0.3) is 33.6 Å². The van der Waals surface area contributed by atoms with Crippen molar-refractivity contribution in [2.24, 2.45) is 0 Å². The Morgan fingerprint density at radius 1 is 0.696 bits per heavy atom. The molecule has 10 heteroatoms. The fourth-order valence-corrected chi connectivity index (χ4v) is 6.09. The van der Waals surface area contributed by atoms with Crippen LogP contribution < -0.4 is 0 Å². The lowest BCUT2D eigenvalue weighted by Gasteiger charge is -2.27. The SMILES string of the molecule is CC(C)(C)OC(=O)N1CCC(c2ncc(-c3ccc(-c4ccc(-c5cnc([C@@H]6CCCN6C(=O)OC(C)(C)C)[nH]5)cc4)cc3)[nH]2)C1. The molecule has 46 heavy (non-hydrogen) atoms. The van der Waals surface area contributed by atoms with E-state index in [1.165, 1.54) is 0 Å². The highest BCUT2D eigenvalue weighted by Crippen LogP contribution is 2.34. The number of ether oxygens (including phenoxy) is 2. The van der Waals surface area contributed by atoms with E-state index >= 15 is 0 Å². The number of benzene rings is 2. The molecule has 2 atom stereocenters. The first-order chi connectivity index (χ1) is 21.8. The summed E-state index contributed by atoms with van der Waals surface area (Å²) in [6, 6.07) is 16.7. The molecule has 2 aliphatic heterocycles. The number of nitrogens with one attached hydrogen (secondary N) is 2. The summed E-state index contributed by atoms with van der Waals surface area (Å²) in [5.74, 6) is 1.84. The minimum Gasteiger partial charge on any atom is -0.444 e. The molecule has 6 rings (SSSR count). The third-order valence-corrected chi connectivity index (χ3v) is 8.34. The number of likely N-dealkylation sites (tertiary alicyclic amines) is 2. The number of carbonyl (C=O) groups is 2. The van der Waals surface area contributed by atoms with Crippen LogP contribution in [0.2, 0.25) is 0 Å². The molecule has 2 saturated heterocycles. The molecule has 0 bridgehead atoms. The molecule has 242 valence electrons. The molecule has 2 aromatic heterocycles. The van der Waals surface area contributed by atoms with Crippen LogP contribution in [-0.4, -0.2) is 72.8 Å². The van der Waals surface area contributed by atoms with E-state index in [0.717, 1.165) is 64.6 Å². The van der Waals surface area contributed by atoms with E-state index in [2.05, 4.69) is 68.5 Å². The van der Waals surface area contributed by atoms with E-state index in [-0.39, 0.29) is 24.1 Å². The fourth-order valence-electron chi connectivity index (χ4n) is 6.09. The fraction of sp³-hybridized carbons (Fsp3) is 0.444. The highest BCUT2D eigenvalue weighted by atomic mass is 16.6. The summed E-state index contributed by atoms with van der Waals surface area (Å²) in [7, 11) is 0. The molecule has 0 spiro atoms. The normalized spacial score (nSPS) is 18.7. The Morgan fingerprint density at radius 2 is 1.20 bits per heavy atom. The Balaban J connectivity index is 1.08. The van der Waals surface area contributed by atoms with Gasteiger partial charge in [-0.2, -0.15) is 0 Å². The number of rotatable bonds is 5. The predicted molar refractivity (Wildman–Crippen MR) is 177 cm³/mol. The number of imidazole rings is 2. The maximum atomic E-state index is 12.8. The van der Waals surface area contributed by atoms with E-state index in [1.54, 1.807) is 9.80 Å². The van der Waals surface area contributed by atoms with Crippen LogP contribution in [0.4, 0.5) is 9.59 Å². The summed E-state index contributed by atoms with van der Waals surface area (Å²) in [6.07, 6.45) is 5.77. The Kier molecular flexibility index (Phi) is 8.39. The van der Waals surface area contributed by atoms with E-state index in [4.69, 9.17) is 9.47 Å². The van der Waals surface area contributed by atoms with Crippen LogP contribution in [-0.2, 0) is 9.47 Å². The van der Waals surface area contributed by atoms with Crippen molar-refractivity contribution >= 4 is 12.2 Å². The Hall–Kier alpha value is -4.60. The van der Waals surface area contributed by atoms with Crippen molar-refractivity contribution in [2.45, 2.75) is 84.0 Å². The van der Waals surface area contributed by atoms with E-state index in [1.807, 2.05) is 53.9 Å². The molecule has 1 unspecified atom stereocenters. The zero-order valence-electron chi connectivity index (χ0n) is 27.6. The largest absolute Gasteiger partial charge is 0.444 e. The van der Waals surface area contributed by atoms with E-state index in [9.17, 15) is 9.59 Å². The van der Waals surface area contributed by atoms with Gasteiger partial charge in [0.2, 0.25) is 0 Å². The summed E-state index contributed by atoms with van der Waals surface area (Å²) >= 11 is 0. The molecule has 2 aliphatic rings. The second-order valence-electron chi connectivity index (χ2n) is 14.3. The highest BCUT2D eigenvalue weighted by Gasteiger charge is 2.35. The number of hydrogen-bond acceptors (Lipinski definition) is 6. The maximum absolute atomic E-state index is 12.8. The molecule has 4 heterocycles. The van der Waals surface area contributed by atoms with Gasteiger partial charge in [-0.1, -0.05) is 48.5 Å². The minimum atomic E-state index is -0.535. The Labute approximate surface area is 270 Å². The lowest BCUT2D eigenvalue weighted by molar-refractivity contribution is 0.0217. The van der Waals surface area contributed by atoms with Gasteiger partial charge in [0.1, 0.15) is 22.9 Å². The summed E-state index contributed by atoms with van der Waals surface area (Å²) in [4.78, 5) is 45.0. The first-order valence-corrected chi connectivity index (χ1v) is 16.1. The Morgan fingerprint density at radius 3 is 1.76 bits per heavy atom. The number of H-pyrrole nitrogens is 2. The van der Waals surface area contributed by atoms with Crippen LogP contribution in [0.3, 0.4) is 0 Å². The van der Waals surface area contributed by atoms with Gasteiger partial charge >= 0.3 is 12.2 Å². The number of carbonyl (C=O) groups excluding carboxylic acids is 2. The smallest absolute Gasteiger partial charge is 0.410 e. The first kappa shape index (κ1) is 31.4. The van der Waals surface area contributed by atoms with Gasteiger partial charge < -0.3 is 24.3 Å². The highest BCUT2D eigenvalue weighted by molar-refractivity contribution is 5.72. The standard InChI is InChI=1S/C36H44N6O4/c1-35(2,3)45-33(43)41-19-17-27(22-41)31-37-20-28(39-31)25-13-9-23(10-14-25)24-11-15-26(16-12-24)29-21-38-32(40-29)30-8-7-18-42(30)34(44)46-36(4,5)6/h9-16,20-21,27,30H,7-8,17-19,22H2,1-6H3,(H,37,39)(H,38,40)/t27?,30-/m0/s1. The Bertz CT molecular complexity index is 1680. The van der Waals surface area contributed by atoms with Crippen LogP contribution in [0.5, 0.6) is 0 Å². The van der Waals surface area contributed by atoms with Crippen LogP contribution in [0.15, 0.2) is 60.9 Å². The van der Waals surface area contributed by atoms with Crippen LogP contribution >= 0.6 is 0 Å². The van der Waals surface area contributed by atoms with Gasteiger partial charge in [-0.05, 0) is 83.1 Å².